The van der Waals surface area contributed by atoms with Crippen molar-refractivity contribution in [2.75, 3.05) is 0 Å². The predicted octanol–water partition coefficient (Wildman–Crippen LogP) is 1.63. The number of H-pyrrole nitrogens is 1. The highest BCUT2D eigenvalue weighted by Gasteiger charge is 2.13. The molecule has 17 heavy (non-hydrogen) atoms. The van der Waals surface area contributed by atoms with Crippen molar-refractivity contribution in [3.05, 3.63) is 61.6 Å². The van der Waals surface area contributed by atoms with E-state index in [1.165, 1.54) is 6.07 Å². The molecule has 1 N–H and O–H groups in total. The van der Waals surface area contributed by atoms with Crippen molar-refractivity contribution >= 4 is 11.6 Å². The van der Waals surface area contributed by atoms with Gasteiger partial charge in [-0.3, -0.25) is 9.78 Å². The molecule has 0 amide bonds. The predicted molar refractivity (Wildman–Crippen MR) is 62.4 cm³/mol. The van der Waals surface area contributed by atoms with Crippen LogP contribution in [0.2, 0.25) is 5.15 Å². The highest BCUT2D eigenvalue weighted by molar-refractivity contribution is 6.29. The van der Waals surface area contributed by atoms with Crippen molar-refractivity contribution in [3.63, 3.8) is 0 Å². The molecule has 0 saturated heterocycles. The van der Waals surface area contributed by atoms with Gasteiger partial charge >= 0.3 is 5.69 Å². The molecule has 0 unspecified atom stereocenters. The van der Waals surface area contributed by atoms with Gasteiger partial charge in [-0.05, 0) is 24.6 Å². The number of nitrogens with zero attached hydrogens (tertiary/aromatic N) is 1. The lowest BCUT2D eigenvalue weighted by Crippen LogP contribution is -2.35. The van der Waals surface area contributed by atoms with Crippen molar-refractivity contribution in [2.45, 2.75) is 6.92 Å². The second-order valence-electron chi connectivity index (χ2n) is 3.54. The van der Waals surface area contributed by atoms with Crippen LogP contribution in [-0.4, -0.2) is 9.55 Å². The van der Waals surface area contributed by atoms with E-state index in [0.29, 0.717) is 10.3 Å². The van der Waals surface area contributed by atoms with Crippen molar-refractivity contribution in [2.24, 2.45) is 0 Å². The molecule has 1 aromatic heterocycles. The van der Waals surface area contributed by atoms with Crippen LogP contribution in [0.4, 0.5) is 4.39 Å². The molecule has 0 spiro atoms. The number of hydrogen-bond acceptors (Lipinski definition) is 2. The van der Waals surface area contributed by atoms with Gasteiger partial charge in [-0.15, -0.1) is 0 Å². The van der Waals surface area contributed by atoms with Gasteiger partial charge in [0.1, 0.15) is 0 Å². The van der Waals surface area contributed by atoms with Crippen LogP contribution in [0.3, 0.4) is 0 Å². The maximum absolute atomic E-state index is 13.3. The van der Waals surface area contributed by atoms with Crippen LogP contribution in [-0.2, 0) is 0 Å². The highest BCUT2D eigenvalue weighted by Crippen LogP contribution is 2.08. The Morgan fingerprint density at radius 2 is 2.06 bits per heavy atom. The maximum Gasteiger partial charge on any atom is 0.334 e. The number of benzene rings is 1. The Labute approximate surface area is 100 Å². The number of rotatable bonds is 1. The van der Waals surface area contributed by atoms with E-state index in [-0.39, 0.29) is 0 Å². The van der Waals surface area contributed by atoms with Gasteiger partial charge in [0.15, 0.2) is 5.15 Å². The summed E-state index contributed by atoms with van der Waals surface area (Å²) < 4.78 is 14.0. The summed E-state index contributed by atoms with van der Waals surface area (Å²) in [6, 6.07) is 6.61. The van der Waals surface area contributed by atoms with Crippen molar-refractivity contribution in [3.8, 4) is 5.69 Å². The van der Waals surface area contributed by atoms with Crippen LogP contribution in [0.5, 0.6) is 0 Å². The first-order valence-corrected chi connectivity index (χ1v) is 5.16. The summed E-state index contributed by atoms with van der Waals surface area (Å²) in [6.45, 7) is 1.80. The average molecular weight is 255 g/mol. The molecule has 0 radical (unpaired) electrons. The largest absolute Gasteiger partial charge is 0.334 e. The van der Waals surface area contributed by atoms with Gasteiger partial charge < -0.3 is 0 Å². The summed E-state index contributed by atoms with van der Waals surface area (Å²) in [5, 5.41) is -0.580. The molecule has 1 heterocycles. The van der Waals surface area contributed by atoms with Crippen LogP contribution in [0, 0.1) is 12.7 Å². The number of aryl methyl sites for hydroxylation is 1. The first-order chi connectivity index (χ1) is 8.00. The van der Waals surface area contributed by atoms with Gasteiger partial charge in [-0.2, -0.15) is 4.39 Å². The third kappa shape index (κ3) is 2.01. The van der Waals surface area contributed by atoms with Gasteiger partial charge in [0, 0.05) is 0 Å². The summed E-state index contributed by atoms with van der Waals surface area (Å²) in [5.41, 5.74) is -0.688. The standard InChI is InChI=1S/C11H8ClFN2O2/c1-6-3-2-4-7(5-6)15-10(16)8(13)9(12)14-11(15)17/h2-5H,1H3,(H,14,17). The van der Waals surface area contributed by atoms with E-state index in [2.05, 4.69) is 4.98 Å². The number of aromatic nitrogens is 2. The van der Waals surface area contributed by atoms with Crippen LogP contribution in [0.25, 0.3) is 5.69 Å². The van der Waals surface area contributed by atoms with Gasteiger partial charge in [-0.1, -0.05) is 23.7 Å². The number of hydrogen-bond donors (Lipinski definition) is 1. The molecule has 0 atom stereocenters. The van der Waals surface area contributed by atoms with Crippen LogP contribution in [0.1, 0.15) is 5.56 Å². The zero-order valence-corrected chi connectivity index (χ0v) is 9.58. The van der Waals surface area contributed by atoms with E-state index in [1.807, 2.05) is 0 Å². The molecule has 2 rings (SSSR count). The average Bonchev–Trinajstić information content (AvgIpc) is 2.26. The van der Waals surface area contributed by atoms with Gasteiger partial charge in [0.2, 0.25) is 5.82 Å². The molecule has 0 fully saturated rings. The fourth-order valence-corrected chi connectivity index (χ4v) is 1.65. The molecule has 0 saturated carbocycles. The van der Waals surface area contributed by atoms with Crippen LogP contribution >= 0.6 is 11.6 Å². The minimum atomic E-state index is -1.17. The SMILES string of the molecule is Cc1cccc(-n2c(=O)[nH]c(Cl)c(F)c2=O)c1. The van der Waals surface area contributed by atoms with Crippen molar-refractivity contribution in [1.82, 2.24) is 9.55 Å². The molecular weight excluding hydrogens is 247 g/mol. The minimum Gasteiger partial charge on any atom is -0.295 e. The minimum absolute atomic E-state index is 0.298. The second-order valence-corrected chi connectivity index (χ2v) is 3.92. The Balaban J connectivity index is 2.82. The summed E-state index contributed by atoms with van der Waals surface area (Å²) in [5.74, 6) is -1.17. The molecular formula is C11H8ClFN2O2. The molecule has 1 aromatic carbocycles. The Hall–Kier alpha value is -1.88. The Bertz CT molecular complexity index is 691. The number of halogens is 2. The summed E-state index contributed by atoms with van der Waals surface area (Å²) in [4.78, 5) is 25.3. The highest BCUT2D eigenvalue weighted by atomic mass is 35.5. The third-order valence-electron chi connectivity index (χ3n) is 2.26. The van der Waals surface area contributed by atoms with E-state index in [9.17, 15) is 14.0 Å². The van der Waals surface area contributed by atoms with Gasteiger partial charge in [0.05, 0.1) is 5.69 Å². The Morgan fingerprint density at radius 1 is 1.35 bits per heavy atom. The molecule has 0 aliphatic heterocycles. The summed E-state index contributed by atoms with van der Waals surface area (Å²) >= 11 is 5.37. The maximum atomic E-state index is 13.3. The molecule has 0 aliphatic carbocycles. The Kier molecular flexibility index (Phi) is 2.85. The molecule has 0 bridgehead atoms. The summed E-state index contributed by atoms with van der Waals surface area (Å²) in [6.07, 6.45) is 0. The van der Waals surface area contributed by atoms with E-state index < -0.39 is 22.2 Å². The monoisotopic (exact) mass is 254 g/mol. The molecule has 88 valence electrons. The number of nitrogens with one attached hydrogen (secondary N) is 1. The second kappa shape index (κ2) is 4.18. The topological polar surface area (TPSA) is 54.9 Å². The normalized spacial score (nSPS) is 10.5. The van der Waals surface area contributed by atoms with Gasteiger partial charge in [-0.25, -0.2) is 9.36 Å². The first-order valence-electron chi connectivity index (χ1n) is 4.78. The van der Waals surface area contributed by atoms with Crippen molar-refractivity contribution < 1.29 is 4.39 Å². The molecule has 4 nitrogen and oxygen atoms in total. The zero-order valence-electron chi connectivity index (χ0n) is 8.83. The van der Waals surface area contributed by atoms with E-state index in [4.69, 9.17) is 11.6 Å². The van der Waals surface area contributed by atoms with Crippen LogP contribution in [0.15, 0.2) is 33.9 Å². The fourth-order valence-electron chi connectivity index (χ4n) is 1.49. The molecule has 0 aliphatic rings. The molecule has 2 aromatic rings. The quantitative estimate of drug-likeness (QED) is 0.787. The lowest BCUT2D eigenvalue weighted by molar-refractivity contribution is 0.584. The fraction of sp³-hybridized carbons (Fsp3) is 0.0909. The molecule has 6 heteroatoms. The van der Waals surface area contributed by atoms with E-state index in [1.54, 1.807) is 25.1 Å². The third-order valence-corrected chi connectivity index (χ3v) is 2.52. The van der Waals surface area contributed by atoms with Crippen LogP contribution < -0.4 is 11.2 Å². The number of aromatic amines is 1. The first kappa shape index (κ1) is 11.6. The lowest BCUT2D eigenvalue weighted by atomic mass is 10.2. The summed E-state index contributed by atoms with van der Waals surface area (Å²) in [7, 11) is 0. The smallest absolute Gasteiger partial charge is 0.295 e. The lowest BCUT2D eigenvalue weighted by Gasteiger charge is -2.05. The van der Waals surface area contributed by atoms with Crippen molar-refractivity contribution in [1.29, 1.82) is 0 Å². The van der Waals surface area contributed by atoms with E-state index >= 15 is 0 Å². The zero-order chi connectivity index (χ0) is 12.6. The van der Waals surface area contributed by atoms with Gasteiger partial charge in [0.25, 0.3) is 5.56 Å². The Morgan fingerprint density at radius 3 is 2.71 bits per heavy atom. The van der Waals surface area contributed by atoms with E-state index in [0.717, 1.165) is 5.56 Å².